The van der Waals surface area contributed by atoms with Gasteiger partial charge in [-0.15, -0.1) is 0 Å². The SMILES string of the molecule is COc1c(CCC2CCC3OC3C2)c2c(c(OC)c1OC)Cc1ccccc1-2. The van der Waals surface area contributed by atoms with Crippen molar-refractivity contribution in [3.63, 3.8) is 0 Å². The number of rotatable bonds is 6. The average Bonchev–Trinajstić information content (AvgIpc) is 3.41. The first-order valence-corrected chi connectivity index (χ1v) is 10.3. The second-order valence-electron chi connectivity index (χ2n) is 8.20. The van der Waals surface area contributed by atoms with E-state index in [2.05, 4.69) is 24.3 Å². The molecule has 1 heterocycles. The van der Waals surface area contributed by atoms with Gasteiger partial charge in [0.25, 0.3) is 0 Å². The van der Waals surface area contributed by atoms with Gasteiger partial charge in [-0.2, -0.15) is 0 Å². The summed E-state index contributed by atoms with van der Waals surface area (Å²) in [5.74, 6) is 3.09. The highest BCUT2D eigenvalue weighted by molar-refractivity contribution is 5.86. The van der Waals surface area contributed by atoms with E-state index in [1.807, 2.05) is 0 Å². The van der Waals surface area contributed by atoms with Gasteiger partial charge >= 0.3 is 0 Å². The van der Waals surface area contributed by atoms with Gasteiger partial charge in [0.1, 0.15) is 0 Å². The van der Waals surface area contributed by atoms with Crippen molar-refractivity contribution in [2.75, 3.05) is 21.3 Å². The monoisotopic (exact) mass is 380 g/mol. The maximum absolute atomic E-state index is 5.89. The van der Waals surface area contributed by atoms with Crippen LogP contribution >= 0.6 is 0 Å². The van der Waals surface area contributed by atoms with Gasteiger partial charge in [0.15, 0.2) is 11.5 Å². The van der Waals surface area contributed by atoms with E-state index in [1.54, 1.807) is 21.3 Å². The summed E-state index contributed by atoms with van der Waals surface area (Å²) in [4.78, 5) is 0. The summed E-state index contributed by atoms with van der Waals surface area (Å²) in [6.07, 6.45) is 7.81. The predicted molar refractivity (Wildman–Crippen MR) is 109 cm³/mol. The number of epoxide rings is 1. The van der Waals surface area contributed by atoms with Gasteiger partial charge in [-0.3, -0.25) is 0 Å². The van der Waals surface area contributed by atoms with Crippen molar-refractivity contribution in [1.82, 2.24) is 0 Å². The van der Waals surface area contributed by atoms with Gasteiger partial charge in [-0.1, -0.05) is 24.3 Å². The lowest BCUT2D eigenvalue weighted by atomic mass is 9.83. The van der Waals surface area contributed by atoms with E-state index < -0.39 is 0 Å². The largest absolute Gasteiger partial charge is 0.492 e. The molecule has 28 heavy (non-hydrogen) atoms. The first kappa shape index (κ1) is 17.9. The molecule has 1 aliphatic heterocycles. The van der Waals surface area contributed by atoms with Crippen molar-refractivity contribution in [3.8, 4) is 28.4 Å². The Balaban J connectivity index is 1.57. The number of benzene rings is 2. The van der Waals surface area contributed by atoms with E-state index in [1.165, 1.54) is 47.1 Å². The third-order valence-corrected chi connectivity index (χ3v) is 6.75. The molecule has 4 nitrogen and oxygen atoms in total. The van der Waals surface area contributed by atoms with E-state index in [0.717, 1.165) is 42.4 Å². The van der Waals surface area contributed by atoms with E-state index in [0.29, 0.717) is 12.2 Å². The Bertz CT molecular complexity index is 904. The standard InChI is InChI=1S/C24H28O4/c1-25-22-17(10-8-14-9-11-19-20(12-14)28-19)21-16-7-5-4-6-15(16)13-18(21)23(26-2)24(22)27-3/h4-7,14,19-20H,8-13H2,1-3H3. The van der Waals surface area contributed by atoms with Gasteiger partial charge in [-0.05, 0) is 54.7 Å². The Morgan fingerprint density at radius 3 is 2.46 bits per heavy atom. The number of hydrogen-bond donors (Lipinski definition) is 0. The van der Waals surface area contributed by atoms with E-state index in [9.17, 15) is 0 Å². The van der Waals surface area contributed by atoms with Crippen LogP contribution in [0.4, 0.5) is 0 Å². The second-order valence-corrected chi connectivity index (χ2v) is 8.20. The van der Waals surface area contributed by atoms with Crippen LogP contribution in [-0.2, 0) is 17.6 Å². The minimum atomic E-state index is 0.525. The molecule has 2 aliphatic carbocycles. The third kappa shape index (κ3) is 2.77. The molecule has 0 amide bonds. The van der Waals surface area contributed by atoms with Crippen LogP contribution in [0.15, 0.2) is 24.3 Å². The Morgan fingerprint density at radius 1 is 0.929 bits per heavy atom. The quantitative estimate of drug-likeness (QED) is 0.577. The molecule has 3 atom stereocenters. The summed E-state index contributed by atoms with van der Waals surface area (Å²) in [5, 5.41) is 0. The van der Waals surface area contributed by atoms with E-state index >= 15 is 0 Å². The third-order valence-electron chi connectivity index (χ3n) is 6.75. The van der Waals surface area contributed by atoms with Crippen LogP contribution < -0.4 is 14.2 Å². The van der Waals surface area contributed by atoms with Crippen molar-refractivity contribution in [2.45, 2.75) is 50.7 Å². The summed E-state index contributed by atoms with van der Waals surface area (Å²) < 4.78 is 23.2. The molecule has 0 radical (unpaired) electrons. The minimum absolute atomic E-state index is 0.525. The van der Waals surface area contributed by atoms with Gasteiger partial charge in [0.05, 0.1) is 33.5 Å². The van der Waals surface area contributed by atoms with Gasteiger partial charge < -0.3 is 18.9 Å². The van der Waals surface area contributed by atoms with Crippen molar-refractivity contribution in [1.29, 1.82) is 0 Å². The van der Waals surface area contributed by atoms with Crippen LogP contribution in [-0.4, -0.2) is 33.5 Å². The molecule has 1 saturated carbocycles. The van der Waals surface area contributed by atoms with E-state index in [-0.39, 0.29) is 0 Å². The summed E-state index contributed by atoms with van der Waals surface area (Å²) in [6, 6.07) is 8.66. The molecule has 0 aromatic heterocycles. The zero-order valence-electron chi connectivity index (χ0n) is 16.9. The predicted octanol–water partition coefficient (Wildman–Crippen LogP) is 4.78. The summed E-state index contributed by atoms with van der Waals surface area (Å²) >= 11 is 0. The lowest BCUT2D eigenvalue weighted by Crippen LogP contribution is -2.14. The molecule has 2 aromatic carbocycles. The fraction of sp³-hybridized carbons (Fsp3) is 0.500. The van der Waals surface area contributed by atoms with Gasteiger partial charge in [0, 0.05) is 17.5 Å². The summed E-state index contributed by atoms with van der Waals surface area (Å²) in [7, 11) is 5.15. The molecular weight excluding hydrogens is 352 g/mol. The van der Waals surface area contributed by atoms with Gasteiger partial charge in [0.2, 0.25) is 5.75 Å². The minimum Gasteiger partial charge on any atom is -0.492 e. The van der Waals surface area contributed by atoms with Crippen LogP contribution in [0.1, 0.15) is 42.4 Å². The van der Waals surface area contributed by atoms with Crippen LogP contribution in [0, 0.1) is 5.92 Å². The van der Waals surface area contributed by atoms with Crippen molar-refractivity contribution in [2.24, 2.45) is 5.92 Å². The number of methoxy groups -OCH3 is 3. The normalized spacial score (nSPS) is 24.2. The lowest BCUT2D eigenvalue weighted by molar-refractivity contribution is 0.318. The Labute approximate surface area is 166 Å². The van der Waals surface area contributed by atoms with Crippen LogP contribution in [0.5, 0.6) is 17.2 Å². The fourth-order valence-electron chi connectivity index (χ4n) is 5.34. The summed E-state index contributed by atoms with van der Waals surface area (Å²) in [6.45, 7) is 0. The van der Waals surface area contributed by atoms with Gasteiger partial charge in [-0.25, -0.2) is 0 Å². The van der Waals surface area contributed by atoms with Crippen LogP contribution in [0.25, 0.3) is 11.1 Å². The topological polar surface area (TPSA) is 40.2 Å². The Hall–Kier alpha value is -2.20. The number of ether oxygens (including phenoxy) is 4. The highest BCUT2D eigenvalue weighted by atomic mass is 16.6. The molecule has 2 fully saturated rings. The maximum atomic E-state index is 5.89. The van der Waals surface area contributed by atoms with Crippen LogP contribution in [0.2, 0.25) is 0 Å². The van der Waals surface area contributed by atoms with Crippen molar-refractivity contribution < 1.29 is 18.9 Å². The summed E-state index contributed by atoms with van der Waals surface area (Å²) in [5.41, 5.74) is 6.44. The molecular formula is C24H28O4. The fourth-order valence-corrected chi connectivity index (χ4v) is 5.34. The Kier molecular flexibility index (Phi) is 4.47. The molecule has 148 valence electrons. The lowest BCUT2D eigenvalue weighted by Gasteiger charge is -2.23. The van der Waals surface area contributed by atoms with Crippen molar-refractivity contribution >= 4 is 0 Å². The highest BCUT2D eigenvalue weighted by Crippen LogP contribution is 2.54. The zero-order chi connectivity index (χ0) is 19.3. The molecule has 1 saturated heterocycles. The first-order chi connectivity index (χ1) is 13.7. The molecule has 2 aromatic rings. The number of fused-ring (bicyclic) bond motifs is 4. The Morgan fingerprint density at radius 2 is 1.71 bits per heavy atom. The smallest absolute Gasteiger partial charge is 0.203 e. The molecule has 3 unspecified atom stereocenters. The number of hydrogen-bond acceptors (Lipinski definition) is 4. The molecule has 0 N–H and O–H groups in total. The van der Waals surface area contributed by atoms with Crippen LogP contribution in [0.3, 0.4) is 0 Å². The van der Waals surface area contributed by atoms with E-state index in [4.69, 9.17) is 18.9 Å². The molecule has 0 bridgehead atoms. The molecule has 5 rings (SSSR count). The first-order valence-electron chi connectivity index (χ1n) is 10.3. The maximum Gasteiger partial charge on any atom is 0.203 e. The molecule has 3 aliphatic rings. The van der Waals surface area contributed by atoms with Crippen molar-refractivity contribution in [3.05, 3.63) is 41.0 Å². The molecule has 0 spiro atoms. The highest BCUT2D eigenvalue weighted by Gasteiger charge is 2.43. The second kappa shape index (κ2) is 7.00. The zero-order valence-corrected chi connectivity index (χ0v) is 16.9. The average molecular weight is 380 g/mol. The molecule has 4 heteroatoms.